The van der Waals surface area contributed by atoms with Gasteiger partial charge in [0.05, 0.1) is 6.26 Å². The van der Waals surface area contributed by atoms with Gasteiger partial charge in [0.2, 0.25) is 0 Å². The van der Waals surface area contributed by atoms with Crippen LogP contribution in [0.3, 0.4) is 0 Å². The molecule has 0 aliphatic heterocycles. The molecule has 0 fully saturated rings. The van der Waals surface area contributed by atoms with Gasteiger partial charge >= 0.3 is 0 Å². The maximum atomic E-state index is 5.51. The average Bonchev–Trinajstić information content (AvgIpc) is 2.50. The highest BCUT2D eigenvalue weighted by molar-refractivity contribution is 9.10. The van der Waals surface area contributed by atoms with Gasteiger partial charge in [-0.15, -0.1) is 0 Å². The first-order valence-electron chi connectivity index (χ1n) is 4.49. The van der Waals surface area contributed by atoms with Crippen LogP contribution in [0.2, 0.25) is 0 Å². The van der Waals surface area contributed by atoms with Crippen molar-refractivity contribution in [3.63, 3.8) is 0 Å². The molecule has 1 nitrogen and oxygen atoms in total. The van der Waals surface area contributed by atoms with E-state index in [4.69, 9.17) is 4.42 Å². The molecule has 0 unspecified atom stereocenters. The maximum absolute atomic E-state index is 5.51. The number of halogens is 1. The zero-order valence-corrected chi connectivity index (χ0v) is 9.76. The van der Waals surface area contributed by atoms with Crippen molar-refractivity contribution in [1.29, 1.82) is 0 Å². The summed E-state index contributed by atoms with van der Waals surface area (Å²) < 4.78 is 6.59. The molecule has 0 atom stereocenters. The van der Waals surface area contributed by atoms with Gasteiger partial charge in [-0.2, -0.15) is 0 Å². The van der Waals surface area contributed by atoms with Crippen LogP contribution in [0.25, 0.3) is 11.3 Å². The van der Waals surface area contributed by atoms with Crippen LogP contribution in [0, 0.1) is 13.8 Å². The van der Waals surface area contributed by atoms with E-state index in [0.717, 1.165) is 15.8 Å². The van der Waals surface area contributed by atoms with Gasteiger partial charge in [-0.05, 0) is 37.1 Å². The van der Waals surface area contributed by atoms with Crippen LogP contribution in [0.1, 0.15) is 11.1 Å². The minimum absolute atomic E-state index is 0.968. The van der Waals surface area contributed by atoms with E-state index in [0.29, 0.717) is 0 Å². The Balaban J connectivity index is 2.49. The number of benzene rings is 1. The fourth-order valence-corrected chi connectivity index (χ4v) is 1.65. The summed E-state index contributed by atoms with van der Waals surface area (Å²) in [6, 6.07) is 8.14. The number of rotatable bonds is 1. The Labute approximate surface area is 91.9 Å². The molecule has 2 aromatic rings. The zero-order chi connectivity index (χ0) is 10.1. The van der Waals surface area contributed by atoms with E-state index in [1.807, 2.05) is 12.1 Å². The smallest absolute Gasteiger partial charge is 0.137 e. The molecule has 0 radical (unpaired) electrons. The second kappa shape index (κ2) is 3.62. The molecule has 72 valence electrons. The van der Waals surface area contributed by atoms with Crippen LogP contribution < -0.4 is 0 Å². The third kappa shape index (κ3) is 1.62. The molecule has 0 bridgehead atoms. The monoisotopic (exact) mass is 250 g/mol. The van der Waals surface area contributed by atoms with Gasteiger partial charge in [0.1, 0.15) is 5.76 Å². The predicted octanol–water partition coefficient (Wildman–Crippen LogP) is 4.33. The summed E-state index contributed by atoms with van der Waals surface area (Å²) in [5.74, 6) is 0.968. The highest BCUT2D eigenvalue weighted by atomic mass is 79.9. The van der Waals surface area contributed by atoms with E-state index in [-0.39, 0.29) is 0 Å². The van der Waals surface area contributed by atoms with Crippen molar-refractivity contribution in [2.24, 2.45) is 0 Å². The normalized spacial score (nSPS) is 10.5. The quantitative estimate of drug-likeness (QED) is 0.735. The summed E-state index contributed by atoms with van der Waals surface area (Å²) in [6.07, 6.45) is 1.80. The molecule has 0 aliphatic carbocycles. The lowest BCUT2D eigenvalue weighted by atomic mass is 10.1. The second-order valence-corrected chi connectivity index (χ2v) is 4.30. The molecule has 1 aromatic carbocycles. The first-order valence-corrected chi connectivity index (χ1v) is 5.28. The number of hydrogen-bond donors (Lipinski definition) is 0. The first kappa shape index (κ1) is 9.53. The molecule has 0 spiro atoms. The largest absolute Gasteiger partial charge is 0.464 e. The summed E-state index contributed by atoms with van der Waals surface area (Å²) in [7, 11) is 0. The summed E-state index contributed by atoms with van der Waals surface area (Å²) in [5, 5.41) is 0. The lowest BCUT2D eigenvalue weighted by Gasteiger charge is -1.99. The van der Waals surface area contributed by atoms with Gasteiger partial charge in [-0.25, -0.2) is 0 Å². The third-order valence-electron chi connectivity index (χ3n) is 2.39. The second-order valence-electron chi connectivity index (χ2n) is 3.38. The Morgan fingerprint density at radius 2 is 1.71 bits per heavy atom. The minimum Gasteiger partial charge on any atom is -0.464 e. The highest BCUT2D eigenvalue weighted by Gasteiger charge is 2.07. The Kier molecular flexibility index (Phi) is 2.46. The molecule has 2 heteroatoms. The minimum atomic E-state index is 0.968. The fraction of sp³-hybridized carbons (Fsp3) is 0.167. The van der Waals surface area contributed by atoms with E-state index in [9.17, 15) is 0 Å². The lowest BCUT2D eigenvalue weighted by molar-refractivity contribution is 0.579. The molecule has 0 saturated carbocycles. The Morgan fingerprint density at radius 3 is 2.21 bits per heavy atom. The van der Waals surface area contributed by atoms with Gasteiger partial charge in [0.25, 0.3) is 0 Å². The Bertz CT molecular complexity index is 440. The average molecular weight is 251 g/mol. The van der Waals surface area contributed by atoms with Crippen LogP contribution in [0.15, 0.2) is 39.4 Å². The predicted molar refractivity (Wildman–Crippen MR) is 61.3 cm³/mol. The van der Waals surface area contributed by atoms with Gasteiger partial charge in [-0.3, -0.25) is 0 Å². The third-order valence-corrected chi connectivity index (χ3v) is 2.92. The van der Waals surface area contributed by atoms with Crippen LogP contribution in [0.5, 0.6) is 0 Å². The summed E-state index contributed by atoms with van der Waals surface area (Å²) in [6.45, 7) is 4.14. The molecule has 1 aromatic heterocycles. The molecular formula is C12H11BrO. The van der Waals surface area contributed by atoms with E-state index in [1.54, 1.807) is 6.26 Å². The lowest BCUT2D eigenvalue weighted by Crippen LogP contribution is -1.78. The maximum Gasteiger partial charge on any atom is 0.137 e. The van der Waals surface area contributed by atoms with Crippen molar-refractivity contribution in [1.82, 2.24) is 0 Å². The molecule has 0 aliphatic rings. The SMILES string of the molecule is Cc1coc(-c2ccc(Br)cc2)c1C. The molecule has 2 rings (SSSR count). The van der Waals surface area contributed by atoms with Crippen molar-refractivity contribution in [3.05, 3.63) is 46.1 Å². The summed E-state index contributed by atoms with van der Waals surface area (Å²) in [4.78, 5) is 0. The molecule has 0 N–H and O–H groups in total. The Hall–Kier alpha value is -1.02. The topological polar surface area (TPSA) is 13.1 Å². The van der Waals surface area contributed by atoms with E-state index >= 15 is 0 Å². The van der Waals surface area contributed by atoms with Gasteiger partial charge in [0, 0.05) is 10.0 Å². The molecule has 0 saturated heterocycles. The van der Waals surface area contributed by atoms with Gasteiger partial charge in [-0.1, -0.05) is 28.1 Å². The number of aryl methyl sites for hydroxylation is 1. The highest BCUT2D eigenvalue weighted by Crippen LogP contribution is 2.27. The van der Waals surface area contributed by atoms with Crippen LogP contribution in [-0.2, 0) is 0 Å². The molecule has 14 heavy (non-hydrogen) atoms. The zero-order valence-electron chi connectivity index (χ0n) is 8.17. The molecular weight excluding hydrogens is 240 g/mol. The van der Waals surface area contributed by atoms with Gasteiger partial charge < -0.3 is 4.42 Å². The van der Waals surface area contributed by atoms with Crippen LogP contribution in [0.4, 0.5) is 0 Å². The molecule has 1 heterocycles. The van der Waals surface area contributed by atoms with Crippen molar-refractivity contribution < 1.29 is 4.42 Å². The summed E-state index contributed by atoms with van der Waals surface area (Å²) >= 11 is 3.41. The van der Waals surface area contributed by atoms with Gasteiger partial charge in [0.15, 0.2) is 0 Å². The standard InChI is InChI=1S/C12H11BrO/c1-8-7-14-12(9(8)2)10-3-5-11(13)6-4-10/h3-7H,1-2H3. The van der Waals surface area contributed by atoms with E-state index in [1.165, 1.54) is 11.1 Å². The van der Waals surface area contributed by atoms with Crippen LogP contribution >= 0.6 is 15.9 Å². The van der Waals surface area contributed by atoms with Crippen molar-refractivity contribution in [3.8, 4) is 11.3 Å². The summed E-state index contributed by atoms with van der Waals surface area (Å²) in [5.41, 5.74) is 3.54. The van der Waals surface area contributed by atoms with Crippen molar-refractivity contribution in [2.45, 2.75) is 13.8 Å². The van der Waals surface area contributed by atoms with E-state index < -0.39 is 0 Å². The number of furan rings is 1. The van der Waals surface area contributed by atoms with Crippen molar-refractivity contribution in [2.75, 3.05) is 0 Å². The van der Waals surface area contributed by atoms with Crippen molar-refractivity contribution >= 4 is 15.9 Å². The fourth-order valence-electron chi connectivity index (χ4n) is 1.39. The van der Waals surface area contributed by atoms with Crippen LogP contribution in [-0.4, -0.2) is 0 Å². The van der Waals surface area contributed by atoms with E-state index in [2.05, 4.69) is 41.9 Å². The number of hydrogen-bond acceptors (Lipinski definition) is 1. The first-order chi connectivity index (χ1) is 6.68. The molecule has 0 amide bonds. The Morgan fingerprint density at radius 1 is 1.07 bits per heavy atom.